The number of aryl methyl sites for hydroxylation is 1. The molecule has 0 aliphatic rings. The van der Waals surface area contributed by atoms with E-state index >= 15 is 0 Å². The predicted octanol–water partition coefficient (Wildman–Crippen LogP) is 1.83. The summed E-state index contributed by atoms with van der Waals surface area (Å²) < 4.78 is 11.4. The van der Waals surface area contributed by atoms with Crippen LogP contribution in [0.25, 0.3) is 11.1 Å². The third-order valence-corrected chi connectivity index (χ3v) is 2.82. The third kappa shape index (κ3) is 2.66. The number of nitrogens with zero attached hydrogens (tertiary/aromatic N) is 2. The highest BCUT2D eigenvalue weighted by Crippen LogP contribution is 2.25. The number of aromatic nitrogens is 2. The van der Waals surface area contributed by atoms with E-state index in [0.717, 1.165) is 11.1 Å². The summed E-state index contributed by atoms with van der Waals surface area (Å²) in [6.45, 7) is 2.11. The summed E-state index contributed by atoms with van der Waals surface area (Å²) in [5, 5.41) is 4.00. The molecule has 0 fully saturated rings. The van der Waals surface area contributed by atoms with E-state index in [-0.39, 0.29) is 12.3 Å². The summed E-state index contributed by atoms with van der Waals surface area (Å²) in [7, 11) is 3.04. The highest BCUT2D eigenvalue weighted by molar-refractivity contribution is 5.69. The van der Waals surface area contributed by atoms with Gasteiger partial charge in [-0.15, -0.1) is 0 Å². The Balaban J connectivity index is 2.62. The van der Waals surface area contributed by atoms with Crippen LogP contribution in [0.2, 0.25) is 0 Å². The van der Waals surface area contributed by atoms with Crippen molar-refractivity contribution in [3.63, 3.8) is 0 Å². The normalized spacial score (nSPS) is 10.5. The molecule has 0 bridgehead atoms. The van der Waals surface area contributed by atoms with Gasteiger partial charge in [0, 0.05) is 7.11 Å². The first-order valence-electron chi connectivity index (χ1n) is 5.87. The molecule has 0 spiro atoms. The molecule has 19 heavy (non-hydrogen) atoms. The van der Waals surface area contributed by atoms with Crippen LogP contribution in [0.4, 0.5) is 0 Å². The van der Waals surface area contributed by atoms with Gasteiger partial charge in [-0.2, -0.15) is 5.10 Å². The Kier molecular flexibility index (Phi) is 3.97. The molecule has 2 rings (SSSR count). The number of methoxy groups -OCH3 is 2. The van der Waals surface area contributed by atoms with Gasteiger partial charge in [0.2, 0.25) is 0 Å². The van der Waals surface area contributed by atoms with Crippen LogP contribution >= 0.6 is 0 Å². The average Bonchev–Trinajstić information content (AvgIpc) is 2.42. The topological polar surface area (TPSA) is 53.4 Å². The Bertz CT molecular complexity index is 618. The number of rotatable bonds is 4. The van der Waals surface area contributed by atoms with Crippen LogP contribution in [0.5, 0.6) is 5.75 Å². The van der Waals surface area contributed by atoms with E-state index in [2.05, 4.69) is 5.10 Å². The summed E-state index contributed by atoms with van der Waals surface area (Å²) in [5.74, 6) is 0.459. The lowest BCUT2D eigenvalue weighted by Gasteiger charge is -2.10. The molecule has 1 aromatic carbocycles. The second-order valence-electron chi connectivity index (χ2n) is 4.18. The van der Waals surface area contributed by atoms with Gasteiger partial charge in [0.1, 0.15) is 6.73 Å². The molecule has 0 radical (unpaired) electrons. The SMILES string of the molecule is COCn1ncc(OC)c(-c2ccc(C)cc2)c1=O. The first-order valence-corrected chi connectivity index (χ1v) is 5.87. The summed E-state index contributed by atoms with van der Waals surface area (Å²) in [5.41, 5.74) is 2.20. The fraction of sp³-hybridized carbons (Fsp3) is 0.286. The number of hydrogen-bond donors (Lipinski definition) is 0. The summed E-state index contributed by atoms with van der Waals surface area (Å²) in [6, 6.07) is 7.70. The van der Waals surface area contributed by atoms with Gasteiger partial charge in [-0.3, -0.25) is 4.79 Å². The van der Waals surface area contributed by atoms with Crippen molar-refractivity contribution in [3.05, 3.63) is 46.4 Å². The molecule has 5 nitrogen and oxygen atoms in total. The molecule has 5 heteroatoms. The molecular weight excluding hydrogens is 244 g/mol. The second kappa shape index (κ2) is 5.67. The molecule has 0 unspecified atom stereocenters. The highest BCUT2D eigenvalue weighted by Gasteiger charge is 2.13. The lowest BCUT2D eigenvalue weighted by atomic mass is 10.1. The zero-order valence-corrected chi connectivity index (χ0v) is 11.2. The van der Waals surface area contributed by atoms with Crippen LogP contribution in [-0.2, 0) is 11.5 Å². The Morgan fingerprint density at radius 2 is 1.89 bits per heavy atom. The van der Waals surface area contributed by atoms with Gasteiger partial charge in [-0.05, 0) is 12.5 Å². The van der Waals surface area contributed by atoms with Crippen LogP contribution < -0.4 is 10.3 Å². The molecule has 2 aromatic rings. The van der Waals surface area contributed by atoms with Gasteiger partial charge in [-0.25, -0.2) is 4.68 Å². The maximum atomic E-state index is 12.4. The Morgan fingerprint density at radius 3 is 2.47 bits per heavy atom. The maximum absolute atomic E-state index is 12.4. The van der Waals surface area contributed by atoms with Crippen LogP contribution in [0.1, 0.15) is 5.56 Å². The summed E-state index contributed by atoms with van der Waals surface area (Å²) in [6.07, 6.45) is 1.52. The van der Waals surface area contributed by atoms with Gasteiger partial charge >= 0.3 is 0 Å². The molecule has 0 saturated carbocycles. The predicted molar refractivity (Wildman–Crippen MR) is 72.2 cm³/mol. The van der Waals surface area contributed by atoms with Crippen molar-refractivity contribution in [3.8, 4) is 16.9 Å². The van der Waals surface area contributed by atoms with E-state index in [9.17, 15) is 4.79 Å². The van der Waals surface area contributed by atoms with Gasteiger partial charge in [-0.1, -0.05) is 29.8 Å². The lowest BCUT2D eigenvalue weighted by Crippen LogP contribution is -2.25. The van der Waals surface area contributed by atoms with E-state index in [0.29, 0.717) is 11.3 Å². The van der Waals surface area contributed by atoms with E-state index < -0.39 is 0 Å². The van der Waals surface area contributed by atoms with Gasteiger partial charge < -0.3 is 9.47 Å². The Hall–Kier alpha value is -2.14. The first kappa shape index (κ1) is 13.3. The van der Waals surface area contributed by atoms with Crippen molar-refractivity contribution in [1.82, 2.24) is 9.78 Å². The molecule has 0 N–H and O–H groups in total. The summed E-state index contributed by atoms with van der Waals surface area (Å²) in [4.78, 5) is 12.4. The minimum atomic E-state index is -0.231. The highest BCUT2D eigenvalue weighted by atomic mass is 16.5. The fourth-order valence-corrected chi connectivity index (χ4v) is 1.83. The smallest absolute Gasteiger partial charge is 0.280 e. The molecule has 0 atom stereocenters. The van der Waals surface area contributed by atoms with E-state index in [4.69, 9.17) is 9.47 Å². The van der Waals surface area contributed by atoms with E-state index in [1.54, 1.807) is 0 Å². The van der Waals surface area contributed by atoms with Crippen LogP contribution in [0, 0.1) is 6.92 Å². The van der Waals surface area contributed by atoms with Crippen LogP contribution in [0.15, 0.2) is 35.3 Å². The molecule has 1 heterocycles. The molecule has 1 aromatic heterocycles. The molecular formula is C14H16N2O3. The molecule has 0 aliphatic heterocycles. The standard InChI is InChI=1S/C14H16N2O3/c1-10-4-6-11(7-5-10)13-12(19-3)8-15-16(9-18-2)14(13)17/h4-8H,9H2,1-3H3. The second-order valence-corrected chi connectivity index (χ2v) is 4.18. The van der Waals surface area contributed by atoms with E-state index in [1.165, 1.54) is 25.1 Å². The third-order valence-electron chi connectivity index (χ3n) is 2.82. The van der Waals surface area contributed by atoms with Crippen LogP contribution in [0.3, 0.4) is 0 Å². The minimum absolute atomic E-state index is 0.113. The first-order chi connectivity index (χ1) is 9.17. The van der Waals surface area contributed by atoms with Crippen molar-refractivity contribution in [2.24, 2.45) is 0 Å². The number of ether oxygens (including phenoxy) is 2. The van der Waals surface area contributed by atoms with Crippen LogP contribution in [-0.4, -0.2) is 24.0 Å². The van der Waals surface area contributed by atoms with Crippen molar-refractivity contribution < 1.29 is 9.47 Å². The maximum Gasteiger partial charge on any atom is 0.280 e. The molecule has 0 saturated heterocycles. The van der Waals surface area contributed by atoms with Crippen molar-refractivity contribution in [2.45, 2.75) is 13.7 Å². The largest absolute Gasteiger partial charge is 0.494 e. The zero-order valence-electron chi connectivity index (χ0n) is 11.2. The zero-order chi connectivity index (χ0) is 13.8. The number of benzene rings is 1. The minimum Gasteiger partial charge on any atom is -0.494 e. The van der Waals surface area contributed by atoms with E-state index in [1.807, 2.05) is 31.2 Å². The molecule has 0 amide bonds. The van der Waals surface area contributed by atoms with Gasteiger partial charge in [0.05, 0.1) is 18.9 Å². The quantitative estimate of drug-likeness (QED) is 0.841. The lowest BCUT2D eigenvalue weighted by molar-refractivity contribution is 0.116. The molecule has 100 valence electrons. The Labute approximate surface area is 111 Å². The Morgan fingerprint density at radius 1 is 1.21 bits per heavy atom. The van der Waals surface area contributed by atoms with Crippen molar-refractivity contribution in [1.29, 1.82) is 0 Å². The van der Waals surface area contributed by atoms with Gasteiger partial charge in [0.15, 0.2) is 5.75 Å². The molecule has 0 aliphatic carbocycles. The van der Waals surface area contributed by atoms with Crippen molar-refractivity contribution >= 4 is 0 Å². The van der Waals surface area contributed by atoms with Crippen molar-refractivity contribution in [2.75, 3.05) is 14.2 Å². The average molecular weight is 260 g/mol. The monoisotopic (exact) mass is 260 g/mol. The van der Waals surface area contributed by atoms with Gasteiger partial charge in [0.25, 0.3) is 5.56 Å². The summed E-state index contributed by atoms with van der Waals surface area (Å²) >= 11 is 0. The number of hydrogen-bond acceptors (Lipinski definition) is 4. The fourth-order valence-electron chi connectivity index (χ4n) is 1.83.